The van der Waals surface area contributed by atoms with Gasteiger partial charge in [0.15, 0.2) is 0 Å². The molecule has 156 valence electrons. The maximum atomic E-state index is 13.4. The van der Waals surface area contributed by atoms with Crippen molar-refractivity contribution in [1.82, 2.24) is 4.98 Å². The molecule has 3 aromatic carbocycles. The van der Waals surface area contributed by atoms with Gasteiger partial charge in [-0.2, -0.15) is 0 Å². The lowest BCUT2D eigenvalue weighted by Crippen LogP contribution is -2.15. The van der Waals surface area contributed by atoms with Crippen LogP contribution in [0.25, 0.3) is 22.2 Å². The fourth-order valence-electron chi connectivity index (χ4n) is 3.58. The molecule has 1 amide bonds. The van der Waals surface area contributed by atoms with Crippen molar-refractivity contribution >= 4 is 51.4 Å². The molecular weight excluding hydrogens is 429 g/mol. The Morgan fingerprint density at radius 2 is 1.68 bits per heavy atom. The van der Waals surface area contributed by atoms with E-state index in [-0.39, 0.29) is 5.91 Å². The van der Waals surface area contributed by atoms with Gasteiger partial charge in [0.2, 0.25) is 0 Å². The first kappa shape index (κ1) is 21.2. The molecule has 31 heavy (non-hydrogen) atoms. The Kier molecular flexibility index (Phi) is 5.86. The van der Waals surface area contributed by atoms with Crippen LogP contribution in [-0.2, 0) is 0 Å². The third-order valence-electron chi connectivity index (χ3n) is 5.19. The van der Waals surface area contributed by atoms with E-state index in [1.54, 1.807) is 12.1 Å². The number of amides is 1. The van der Waals surface area contributed by atoms with Crippen molar-refractivity contribution in [3.05, 3.63) is 87.9 Å². The Morgan fingerprint density at radius 3 is 2.35 bits per heavy atom. The van der Waals surface area contributed by atoms with E-state index in [2.05, 4.69) is 5.32 Å². The molecule has 0 radical (unpaired) electrons. The Labute approximate surface area is 191 Å². The predicted molar refractivity (Wildman–Crippen MR) is 131 cm³/mol. The highest BCUT2D eigenvalue weighted by Gasteiger charge is 2.20. The molecule has 0 fully saturated rings. The summed E-state index contributed by atoms with van der Waals surface area (Å²) in [6, 6.07) is 20.6. The lowest BCUT2D eigenvalue weighted by Gasteiger charge is -2.16. The Hall–Kier alpha value is -3.08. The van der Waals surface area contributed by atoms with Crippen LogP contribution in [0, 0.1) is 6.92 Å². The third-order valence-corrected chi connectivity index (χ3v) is 5.74. The summed E-state index contributed by atoms with van der Waals surface area (Å²) in [6.07, 6.45) is 0. The van der Waals surface area contributed by atoms with Crippen molar-refractivity contribution in [2.24, 2.45) is 0 Å². The molecule has 1 heterocycles. The number of fused-ring (bicyclic) bond motifs is 1. The van der Waals surface area contributed by atoms with Gasteiger partial charge >= 0.3 is 0 Å². The third kappa shape index (κ3) is 4.22. The number of para-hydroxylation sites is 1. The fraction of sp³-hybridized carbons (Fsp3) is 0.120. The first-order valence-corrected chi connectivity index (χ1v) is 10.5. The molecule has 0 atom stereocenters. The number of carbonyl (C=O) groups excluding carboxylic acids is 1. The molecule has 4 aromatic rings. The van der Waals surface area contributed by atoms with E-state index in [9.17, 15) is 4.79 Å². The van der Waals surface area contributed by atoms with Gasteiger partial charge in [0.25, 0.3) is 5.91 Å². The Balaban J connectivity index is 1.82. The molecule has 0 bridgehead atoms. The molecule has 0 aliphatic carbocycles. The standard InChI is InChI=1S/C25H21Cl2N3O/c1-15-23(25(31)28-17-9-11-18(12-10-17)30(2)3)20-6-4-5-7-22(20)29-24(15)19-13-8-16(26)14-21(19)27/h4-14H,1-3H3,(H,28,31). The lowest BCUT2D eigenvalue weighted by molar-refractivity contribution is 0.102. The van der Waals surface area contributed by atoms with Crippen molar-refractivity contribution in [3.63, 3.8) is 0 Å². The Morgan fingerprint density at radius 1 is 0.968 bits per heavy atom. The topological polar surface area (TPSA) is 45.2 Å². The maximum Gasteiger partial charge on any atom is 0.256 e. The van der Waals surface area contributed by atoms with E-state index in [1.165, 1.54) is 0 Å². The highest BCUT2D eigenvalue weighted by Crippen LogP contribution is 2.35. The van der Waals surface area contributed by atoms with Crippen molar-refractivity contribution in [3.8, 4) is 11.3 Å². The molecule has 0 unspecified atom stereocenters. The van der Waals surface area contributed by atoms with Crippen LogP contribution >= 0.6 is 23.2 Å². The number of aromatic nitrogens is 1. The number of halogens is 2. The lowest BCUT2D eigenvalue weighted by atomic mass is 9.97. The van der Waals surface area contributed by atoms with Gasteiger partial charge in [0.05, 0.1) is 21.8 Å². The summed E-state index contributed by atoms with van der Waals surface area (Å²) in [5.41, 5.74) is 5.23. The minimum atomic E-state index is -0.194. The number of nitrogens with one attached hydrogen (secondary N) is 1. The second kappa shape index (κ2) is 8.58. The zero-order valence-corrected chi connectivity index (χ0v) is 18.9. The molecule has 0 aliphatic rings. The summed E-state index contributed by atoms with van der Waals surface area (Å²) in [5.74, 6) is -0.194. The summed E-state index contributed by atoms with van der Waals surface area (Å²) >= 11 is 12.5. The normalized spacial score (nSPS) is 10.9. The maximum absolute atomic E-state index is 13.4. The first-order chi connectivity index (χ1) is 14.8. The summed E-state index contributed by atoms with van der Waals surface area (Å²) in [6.45, 7) is 1.89. The summed E-state index contributed by atoms with van der Waals surface area (Å²) < 4.78 is 0. The van der Waals surface area contributed by atoms with Gasteiger partial charge in [-0.25, -0.2) is 4.98 Å². The average molecular weight is 450 g/mol. The van der Waals surface area contributed by atoms with Crippen molar-refractivity contribution < 1.29 is 4.79 Å². The summed E-state index contributed by atoms with van der Waals surface area (Å²) in [4.78, 5) is 20.2. The molecule has 0 spiro atoms. The van der Waals surface area contributed by atoms with Gasteiger partial charge in [-0.1, -0.05) is 41.4 Å². The van der Waals surface area contributed by atoms with E-state index in [1.807, 2.05) is 80.5 Å². The first-order valence-electron chi connectivity index (χ1n) is 9.78. The number of anilines is 2. The minimum absolute atomic E-state index is 0.194. The van der Waals surface area contributed by atoms with Crippen LogP contribution < -0.4 is 10.2 Å². The molecule has 0 saturated heterocycles. The molecule has 0 aliphatic heterocycles. The predicted octanol–water partition coefficient (Wildman–Crippen LogP) is 6.84. The van der Waals surface area contributed by atoms with Gasteiger partial charge < -0.3 is 10.2 Å². The van der Waals surface area contributed by atoms with Gasteiger partial charge in [-0.05, 0) is 61.0 Å². The van der Waals surface area contributed by atoms with E-state index in [0.717, 1.165) is 33.4 Å². The van der Waals surface area contributed by atoms with Crippen molar-refractivity contribution in [2.45, 2.75) is 6.92 Å². The van der Waals surface area contributed by atoms with Crippen LogP contribution in [0.15, 0.2) is 66.7 Å². The molecule has 1 aromatic heterocycles. The number of hydrogen-bond acceptors (Lipinski definition) is 3. The van der Waals surface area contributed by atoms with E-state index in [0.29, 0.717) is 21.3 Å². The largest absolute Gasteiger partial charge is 0.378 e. The van der Waals surface area contributed by atoms with Crippen LogP contribution in [0.2, 0.25) is 10.0 Å². The highest BCUT2D eigenvalue weighted by atomic mass is 35.5. The van der Waals surface area contributed by atoms with Crippen LogP contribution in [0.1, 0.15) is 15.9 Å². The minimum Gasteiger partial charge on any atom is -0.378 e. The van der Waals surface area contributed by atoms with Crippen LogP contribution in [0.4, 0.5) is 11.4 Å². The summed E-state index contributed by atoms with van der Waals surface area (Å²) in [5, 5.41) is 4.85. The van der Waals surface area contributed by atoms with E-state index in [4.69, 9.17) is 28.2 Å². The van der Waals surface area contributed by atoms with Crippen LogP contribution in [0.3, 0.4) is 0 Å². The molecule has 6 heteroatoms. The number of benzene rings is 3. The van der Waals surface area contributed by atoms with Crippen LogP contribution in [-0.4, -0.2) is 25.0 Å². The van der Waals surface area contributed by atoms with Crippen molar-refractivity contribution in [2.75, 3.05) is 24.3 Å². The molecule has 0 saturated carbocycles. The smallest absolute Gasteiger partial charge is 0.256 e. The fourth-order valence-corrected chi connectivity index (χ4v) is 4.08. The van der Waals surface area contributed by atoms with Gasteiger partial charge in [0, 0.05) is 41.4 Å². The van der Waals surface area contributed by atoms with Gasteiger partial charge in [0.1, 0.15) is 0 Å². The monoisotopic (exact) mass is 449 g/mol. The molecule has 4 rings (SSSR count). The van der Waals surface area contributed by atoms with Gasteiger partial charge in [-0.15, -0.1) is 0 Å². The second-order valence-corrected chi connectivity index (χ2v) is 8.34. The SMILES string of the molecule is Cc1c(-c2ccc(Cl)cc2Cl)nc2ccccc2c1C(=O)Nc1ccc(N(C)C)cc1. The van der Waals surface area contributed by atoms with Crippen LogP contribution in [0.5, 0.6) is 0 Å². The highest BCUT2D eigenvalue weighted by molar-refractivity contribution is 6.36. The number of carbonyl (C=O) groups is 1. The van der Waals surface area contributed by atoms with E-state index < -0.39 is 0 Å². The number of pyridine rings is 1. The second-order valence-electron chi connectivity index (χ2n) is 7.50. The number of hydrogen-bond donors (Lipinski definition) is 1. The van der Waals surface area contributed by atoms with Crippen molar-refractivity contribution in [1.29, 1.82) is 0 Å². The summed E-state index contributed by atoms with van der Waals surface area (Å²) in [7, 11) is 3.95. The quantitative estimate of drug-likeness (QED) is 0.371. The average Bonchev–Trinajstić information content (AvgIpc) is 2.74. The zero-order chi connectivity index (χ0) is 22.1. The van der Waals surface area contributed by atoms with Gasteiger partial charge in [-0.3, -0.25) is 4.79 Å². The molecular formula is C25H21Cl2N3O. The number of nitrogens with zero attached hydrogens (tertiary/aromatic N) is 2. The molecule has 4 nitrogen and oxygen atoms in total. The zero-order valence-electron chi connectivity index (χ0n) is 17.4. The number of rotatable bonds is 4. The molecule has 1 N–H and O–H groups in total. The van der Waals surface area contributed by atoms with E-state index >= 15 is 0 Å². The Bertz CT molecular complexity index is 1280.